The zero-order chi connectivity index (χ0) is 16.2. The highest BCUT2D eigenvalue weighted by Gasteiger charge is 2.27. The second-order valence-electron chi connectivity index (χ2n) is 4.92. The summed E-state index contributed by atoms with van der Waals surface area (Å²) in [6.07, 6.45) is 0.856. The van der Waals surface area contributed by atoms with E-state index >= 15 is 0 Å². The molecule has 21 heavy (non-hydrogen) atoms. The maximum atomic E-state index is 12.7. The van der Waals surface area contributed by atoms with E-state index in [1.54, 1.807) is 6.92 Å². The number of carboxylic acid groups (broad SMARTS) is 1. The molecule has 5 nitrogen and oxygen atoms in total. The number of carbonyl (C=O) groups is 1. The van der Waals surface area contributed by atoms with Crippen LogP contribution in [0, 0.1) is 5.92 Å². The van der Waals surface area contributed by atoms with Gasteiger partial charge in [0.25, 0.3) is 0 Å². The summed E-state index contributed by atoms with van der Waals surface area (Å²) in [5.74, 6) is -0.978. The van der Waals surface area contributed by atoms with Gasteiger partial charge in [-0.3, -0.25) is 0 Å². The minimum atomic E-state index is -3.80. The average Bonchev–Trinajstić information content (AvgIpc) is 2.44. The number of aromatic carboxylic acids is 1. The Labute approximate surface area is 130 Å². The van der Waals surface area contributed by atoms with E-state index in [1.165, 1.54) is 16.4 Å². The van der Waals surface area contributed by atoms with Crippen molar-refractivity contribution in [1.29, 1.82) is 0 Å². The molecule has 7 heteroatoms. The van der Waals surface area contributed by atoms with Crippen molar-refractivity contribution in [2.24, 2.45) is 5.92 Å². The van der Waals surface area contributed by atoms with E-state index in [9.17, 15) is 13.2 Å². The van der Waals surface area contributed by atoms with Crippen LogP contribution >= 0.6 is 11.6 Å². The Morgan fingerprint density at radius 3 is 2.48 bits per heavy atom. The normalized spacial score (nSPS) is 13.4. The lowest BCUT2D eigenvalue weighted by Crippen LogP contribution is -2.34. The Kier molecular flexibility index (Phi) is 6.19. The molecule has 0 bridgehead atoms. The number of benzene rings is 1. The molecule has 0 aromatic heterocycles. The number of rotatable bonds is 7. The summed E-state index contributed by atoms with van der Waals surface area (Å²) in [4.78, 5) is 10.8. The van der Waals surface area contributed by atoms with Gasteiger partial charge in [0.05, 0.1) is 10.6 Å². The van der Waals surface area contributed by atoms with Gasteiger partial charge in [-0.05, 0) is 24.1 Å². The van der Waals surface area contributed by atoms with Gasteiger partial charge >= 0.3 is 5.97 Å². The number of hydrogen-bond donors (Lipinski definition) is 1. The van der Waals surface area contributed by atoms with E-state index in [0.29, 0.717) is 13.1 Å². The Hall–Kier alpha value is -1.11. The van der Waals surface area contributed by atoms with E-state index in [0.717, 1.165) is 12.5 Å². The molecule has 0 saturated carbocycles. The predicted molar refractivity (Wildman–Crippen MR) is 82.3 cm³/mol. The minimum Gasteiger partial charge on any atom is -0.478 e. The summed E-state index contributed by atoms with van der Waals surface area (Å²) in [5.41, 5.74) is -0.0995. The molecular weight excluding hydrogens is 314 g/mol. The first-order chi connectivity index (χ1) is 9.73. The Morgan fingerprint density at radius 1 is 1.38 bits per heavy atom. The summed E-state index contributed by atoms with van der Waals surface area (Å²) in [7, 11) is -3.80. The lowest BCUT2D eigenvalue weighted by atomic mass is 10.1. The predicted octanol–water partition coefficient (Wildman–Crippen LogP) is 3.09. The van der Waals surface area contributed by atoms with Gasteiger partial charge in [0.2, 0.25) is 10.0 Å². The van der Waals surface area contributed by atoms with Crippen LogP contribution in [0.5, 0.6) is 0 Å². The van der Waals surface area contributed by atoms with Crippen molar-refractivity contribution >= 4 is 27.6 Å². The molecule has 0 aliphatic heterocycles. The van der Waals surface area contributed by atoms with Crippen LogP contribution in [0.15, 0.2) is 23.1 Å². The van der Waals surface area contributed by atoms with E-state index in [1.807, 2.05) is 13.8 Å². The van der Waals surface area contributed by atoms with Crippen molar-refractivity contribution in [3.05, 3.63) is 28.8 Å². The summed E-state index contributed by atoms with van der Waals surface area (Å²) < 4.78 is 26.6. The Morgan fingerprint density at radius 2 is 2.00 bits per heavy atom. The molecule has 0 aliphatic rings. The zero-order valence-electron chi connectivity index (χ0n) is 12.3. The molecule has 0 aliphatic carbocycles. The van der Waals surface area contributed by atoms with Crippen molar-refractivity contribution in [2.45, 2.75) is 32.1 Å². The first kappa shape index (κ1) is 17.9. The fourth-order valence-electron chi connectivity index (χ4n) is 1.85. The molecule has 1 unspecified atom stereocenters. The summed E-state index contributed by atoms with van der Waals surface area (Å²) in [6, 6.07) is 3.70. The van der Waals surface area contributed by atoms with Crippen molar-refractivity contribution in [1.82, 2.24) is 4.31 Å². The third-order valence-electron chi connectivity index (χ3n) is 3.36. The molecule has 1 aromatic carbocycles. The van der Waals surface area contributed by atoms with Gasteiger partial charge in [-0.15, -0.1) is 0 Å². The monoisotopic (exact) mass is 333 g/mol. The largest absolute Gasteiger partial charge is 0.478 e. The summed E-state index contributed by atoms with van der Waals surface area (Å²) in [6.45, 7) is 6.38. The standard InChI is InChI=1S/C14H20ClNO4S/c1-4-10(3)9-16(5-2)21(19,20)13-8-11(14(17)18)6-7-12(13)15/h6-8,10H,4-5,9H2,1-3H3,(H,17,18). The number of carboxylic acids is 1. The fraction of sp³-hybridized carbons (Fsp3) is 0.500. The molecule has 118 valence electrons. The quantitative estimate of drug-likeness (QED) is 0.832. The van der Waals surface area contributed by atoms with Crippen molar-refractivity contribution < 1.29 is 18.3 Å². The summed E-state index contributed by atoms with van der Waals surface area (Å²) >= 11 is 5.96. The number of halogens is 1. The molecule has 0 radical (unpaired) electrons. The van der Waals surface area contributed by atoms with Gasteiger partial charge in [-0.25, -0.2) is 13.2 Å². The molecule has 0 saturated heterocycles. The van der Waals surface area contributed by atoms with E-state index in [-0.39, 0.29) is 21.4 Å². The molecule has 1 atom stereocenters. The Bertz CT molecular complexity index is 615. The zero-order valence-corrected chi connectivity index (χ0v) is 13.9. The van der Waals surface area contributed by atoms with Crippen LogP contribution in [0.3, 0.4) is 0 Å². The van der Waals surface area contributed by atoms with Crippen LogP contribution in [0.2, 0.25) is 5.02 Å². The van der Waals surface area contributed by atoms with Crippen LogP contribution < -0.4 is 0 Å². The van der Waals surface area contributed by atoms with Crippen LogP contribution in [0.25, 0.3) is 0 Å². The van der Waals surface area contributed by atoms with Crippen molar-refractivity contribution in [3.63, 3.8) is 0 Å². The SMILES string of the molecule is CCC(C)CN(CC)S(=O)(=O)c1cc(C(=O)O)ccc1Cl. The van der Waals surface area contributed by atoms with E-state index in [2.05, 4.69) is 0 Å². The second kappa shape index (κ2) is 7.24. The van der Waals surface area contributed by atoms with Crippen LogP contribution in [-0.4, -0.2) is 36.9 Å². The maximum Gasteiger partial charge on any atom is 0.335 e. The third-order valence-corrected chi connectivity index (χ3v) is 5.78. The second-order valence-corrected chi connectivity index (χ2v) is 7.23. The highest BCUT2D eigenvalue weighted by molar-refractivity contribution is 7.89. The van der Waals surface area contributed by atoms with Gasteiger partial charge in [0.1, 0.15) is 4.90 Å². The number of hydrogen-bond acceptors (Lipinski definition) is 3. The van der Waals surface area contributed by atoms with Crippen molar-refractivity contribution in [3.8, 4) is 0 Å². The van der Waals surface area contributed by atoms with Gasteiger partial charge in [-0.2, -0.15) is 4.31 Å². The van der Waals surface area contributed by atoms with E-state index < -0.39 is 16.0 Å². The first-order valence-electron chi connectivity index (χ1n) is 6.77. The van der Waals surface area contributed by atoms with Crippen LogP contribution in [-0.2, 0) is 10.0 Å². The van der Waals surface area contributed by atoms with Crippen LogP contribution in [0.1, 0.15) is 37.6 Å². The topological polar surface area (TPSA) is 74.7 Å². The smallest absolute Gasteiger partial charge is 0.335 e. The number of sulfonamides is 1. The third kappa shape index (κ3) is 4.18. The molecule has 0 heterocycles. The molecule has 1 aromatic rings. The van der Waals surface area contributed by atoms with Gasteiger partial charge in [0, 0.05) is 13.1 Å². The first-order valence-corrected chi connectivity index (χ1v) is 8.58. The molecule has 0 fully saturated rings. The highest BCUT2D eigenvalue weighted by Crippen LogP contribution is 2.26. The Balaban J connectivity index is 3.28. The van der Waals surface area contributed by atoms with Gasteiger partial charge < -0.3 is 5.11 Å². The molecule has 1 N–H and O–H groups in total. The van der Waals surface area contributed by atoms with E-state index in [4.69, 9.17) is 16.7 Å². The summed E-state index contributed by atoms with van der Waals surface area (Å²) in [5, 5.41) is 9.02. The maximum absolute atomic E-state index is 12.7. The number of nitrogens with zero attached hydrogens (tertiary/aromatic N) is 1. The lowest BCUT2D eigenvalue weighted by Gasteiger charge is -2.24. The lowest BCUT2D eigenvalue weighted by molar-refractivity contribution is 0.0696. The molecule has 1 rings (SSSR count). The molecular formula is C14H20ClNO4S. The van der Waals surface area contributed by atoms with Crippen molar-refractivity contribution in [2.75, 3.05) is 13.1 Å². The fourth-order valence-corrected chi connectivity index (χ4v) is 3.92. The van der Waals surface area contributed by atoms with Gasteiger partial charge in [-0.1, -0.05) is 38.8 Å². The van der Waals surface area contributed by atoms with Gasteiger partial charge in [0.15, 0.2) is 0 Å². The average molecular weight is 334 g/mol. The highest BCUT2D eigenvalue weighted by atomic mass is 35.5. The van der Waals surface area contributed by atoms with Crippen LogP contribution in [0.4, 0.5) is 0 Å². The molecule has 0 amide bonds. The molecule has 0 spiro atoms. The minimum absolute atomic E-state index is 0.0302.